The summed E-state index contributed by atoms with van der Waals surface area (Å²) in [4.78, 5) is 12.6. The summed E-state index contributed by atoms with van der Waals surface area (Å²) in [5, 5.41) is 1.88. The molecular weight excluding hydrogens is 212 g/mol. The highest BCUT2D eigenvalue weighted by Gasteiger charge is 2.22. The number of methoxy groups -OCH3 is 1. The van der Waals surface area contributed by atoms with Crippen molar-refractivity contribution in [2.75, 3.05) is 13.7 Å². The van der Waals surface area contributed by atoms with Crippen molar-refractivity contribution >= 4 is 17.1 Å². The third kappa shape index (κ3) is 2.38. The maximum absolute atomic E-state index is 11.9. The number of Topliss-reactive ketones (excluding diaryl/α,β-unsaturated/α-hetero) is 1. The van der Waals surface area contributed by atoms with Crippen LogP contribution < -0.4 is 4.74 Å². The molecule has 15 heavy (non-hydrogen) atoms. The van der Waals surface area contributed by atoms with E-state index in [0.29, 0.717) is 17.0 Å². The molecule has 0 N–H and O–H groups in total. The molecule has 1 aromatic rings. The fourth-order valence-electron chi connectivity index (χ4n) is 1.77. The summed E-state index contributed by atoms with van der Waals surface area (Å²) < 4.78 is 10.6. The smallest absolute Gasteiger partial charge is 0.179 e. The van der Waals surface area contributed by atoms with Gasteiger partial charge in [0.05, 0.1) is 13.2 Å². The van der Waals surface area contributed by atoms with Crippen molar-refractivity contribution in [2.24, 2.45) is 0 Å². The van der Waals surface area contributed by atoms with E-state index in [2.05, 4.69) is 0 Å². The van der Waals surface area contributed by atoms with E-state index in [1.807, 2.05) is 11.4 Å². The molecule has 82 valence electrons. The zero-order valence-corrected chi connectivity index (χ0v) is 9.51. The number of carbonyl (C=O) groups excluding carboxylic acids is 1. The van der Waals surface area contributed by atoms with Crippen LogP contribution in [0.4, 0.5) is 0 Å². The largest absolute Gasteiger partial charge is 0.495 e. The Bertz CT molecular complexity index is 339. The first kappa shape index (κ1) is 10.6. The minimum atomic E-state index is 0.115. The van der Waals surface area contributed by atoms with Crippen molar-refractivity contribution in [3.05, 3.63) is 16.3 Å². The maximum atomic E-state index is 11.9. The SMILES string of the molecule is COc1ccsc1C(=O)CC1CCCO1. The van der Waals surface area contributed by atoms with Crippen LogP contribution >= 0.6 is 11.3 Å². The van der Waals surface area contributed by atoms with Crippen LogP contribution in [0.3, 0.4) is 0 Å². The van der Waals surface area contributed by atoms with Gasteiger partial charge in [-0.05, 0) is 24.3 Å². The lowest BCUT2D eigenvalue weighted by Gasteiger charge is -2.07. The van der Waals surface area contributed by atoms with Gasteiger partial charge in [0.25, 0.3) is 0 Å². The van der Waals surface area contributed by atoms with Gasteiger partial charge in [-0.2, -0.15) is 0 Å². The summed E-state index contributed by atoms with van der Waals surface area (Å²) in [6.07, 6.45) is 2.67. The average Bonchev–Trinajstić information content (AvgIpc) is 2.86. The van der Waals surface area contributed by atoms with E-state index in [0.717, 1.165) is 19.4 Å². The summed E-state index contributed by atoms with van der Waals surface area (Å²) in [5.41, 5.74) is 0. The topological polar surface area (TPSA) is 35.5 Å². The van der Waals surface area contributed by atoms with Gasteiger partial charge in [0.1, 0.15) is 10.6 Å². The molecular formula is C11H14O3S. The minimum Gasteiger partial charge on any atom is -0.495 e. The first-order valence-corrected chi connectivity index (χ1v) is 5.95. The van der Waals surface area contributed by atoms with Crippen molar-refractivity contribution < 1.29 is 14.3 Å². The Morgan fingerprint density at radius 2 is 2.60 bits per heavy atom. The lowest BCUT2D eigenvalue weighted by atomic mass is 10.1. The van der Waals surface area contributed by atoms with Crippen LogP contribution in [-0.2, 0) is 4.74 Å². The molecule has 1 aliphatic heterocycles. The second-order valence-corrected chi connectivity index (χ2v) is 4.50. The molecule has 2 rings (SSSR count). The quantitative estimate of drug-likeness (QED) is 0.740. The Hall–Kier alpha value is -0.870. The van der Waals surface area contributed by atoms with Crippen LogP contribution in [0.1, 0.15) is 28.9 Å². The van der Waals surface area contributed by atoms with E-state index in [9.17, 15) is 4.79 Å². The van der Waals surface area contributed by atoms with Gasteiger partial charge in [-0.25, -0.2) is 0 Å². The number of carbonyl (C=O) groups is 1. The van der Waals surface area contributed by atoms with Gasteiger partial charge >= 0.3 is 0 Å². The average molecular weight is 226 g/mol. The lowest BCUT2D eigenvalue weighted by Crippen LogP contribution is -2.12. The van der Waals surface area contributed by atoms with Crippen molar-refractivity contribution in [3.63, 3.8) is 0 Å². The van der Waals surface area contributed by atoms with Gasteiger partial charge in [-0.1, -0.05) is 0 Å². The fraction of sp³-hybridized carbons (Fsp3) is 0.545. The second kappa shape index (κ2) is 4.77. The Balaban J connectivity index is 2.00. The summed E-state index contributed by atoms with van der Waals surface area (Å²) >= 11 is 1.44. The Labute approximate surface area is 93.0 Å². The number of ether oxygens (including phenoxy) is 2. The molecule has 1 atom stereocenters. The van der Waals surface area contributed by atoms with Gasteiger partial charge in [0.2, 0.25) is 0 Å². The molecule has 1 aromatic heterocycles. The first-order chi connectivity index (χ1) is 7.31. The number of ketones is 1. The Morgan fingerprint density at radius 1 is 1.73 bits per heavy atom. The summed E-state index contributed by atoms with van der Waals surface area (Å²) in [7, 11) is 1.59. The van der Waals surface area contributed by atoms with Gasteiger partial charge < -0.3 is 9.47 Å². The van der Waals surface area contributed by atoms with Gasteiger partial charge in [-0.3, -0.25) is 4.79 Å². The Morgan fingerprint density at radius 3 is 3.27 bits per heavy atom. The van der Waals surface area contributed by atoms with Crippen LogP contribution in [0.15, 0.2) is 11.4 Å². The number of hydrogen-bond donors (Lipinski definition) is 0. The van der Waals surface area contributed by atoms with Crippen LogP contribution in [0.25, 0.3) is 0 Å². The second-order valence-electron chi connectivity index (χ2n) is 3.58. The Kier molecular flexibility index (Phi) is 3.38. The number of hydrogen-bond acceptors (Lipinski definition) is 4. The van der Waals surface area contributed by atoms with Crippen LogP contribution in [-0.4, -0.2) is 25.6 Å². The lowest BCUT2D eigenvalue weighted by molar-refractivity contribution is 0.0777. The molecule has 2 heterocycles. The van der Waals surface area contributed by atoms with Crippen LogP contribution in [0.5, 0.6) is 5.75 Å². The van der Waals surface area contributed by atoms with E-state index in [4.69, 9.17) is 9.47 Å². The van der Waals surface area contributed by atoms with Crippen molar-refractivity contribution in [2.45, 2.75) is 25.4 Å². The molecule has 4 heteroatoms. The summed E-state index contributed by atoms with van der Waals surface area (Å²) in [6.45, 7) is 0.791. The van der Waals surface area contributed by atoms with E-state index in [1.54, 1.807) is 7.11 Å². The first-order valence-electron chi connectivity index (χ1n) is 5.07. The zero-order chi connectivity index (χ0) is 10.7. The minimum absolute atomic E-state index is 0.115. The fourth-order valence-corrected chi connectivity index (χ4v) is 2.58. The molecule has 0 radical (unpaired) electrons. The van der Waals surface area contributed by atoms with Gasteiger partial charge in [0, 0.05) is 13.0 Å². The highest BCUT2D eigenvalue weighted by atomic mass is 32.1. The summed E-state index contributed by atoms with van der Waals surface area (Å²) in [5.74, 6) is 0.816. The molecule has 0 amide bonds. The van der Waals surface area contributed by atoms with E-state index in [-0.39, 0.29) is 11.9 Å². The third-order valence-electron chi connectivity index (χ3n) is 2.54. The zero-order valence-electron chi connectivity index (χ0n) is 8.69. The normalized spacial score (nSPS) is 20.5. The number of thiophene rings is 1. The molecule has 0 aromatic carbocycles. The van der Waals surface area contributed by atoms with Gasteiger partial charge in [-0.15, -0.1) is 11.3 Å². The third-order valence-corrected chi connectivity index (χ3v) is 3.48. The van der Waals surface area contributed by atoms with E-state index in [1.165, 1.54) is 11.3 Å². The molecule has 0 bridgehead atoms. The number of rotatable bonds is 4. The summed E-state index contributed by atoms with van der Waals surface area (Å²) in [6, 6.07) is 1.83. The molecule has 1 aliphatic rings. The predicted molar refractivity (Wildman–Crippen MR) is 58.8 cm³/mol. The molecule has 0 spiro atoms. The molecule has 0 saturated carbocycles. The highest BCUT2D eigenvalue weighted by Crippen LogP contribution is 2.27. The standard InChI is InChI=1S/C11H14O3S/c1-13-10-4-6-15-11(10)9(12)7-8-3-2-5-14-8/h4,6,8H,2-3,5,7H2,1H3. The maximum Gasteiger partial charge on any atom is 0.179 e. The van der Waals surface area contributed by atoms with Gasteiger partial charge in [0.15, 0.2) is 5.78 Å². The van der Waals surface area contributed by atoms with Crippen molar-refractivity contribution in [1.29, 1.82) is 0 Å². The predicted octanol–water partition coefficient (Wildman–Crippen LogP) is 2.51. The molecule has 1 fully saturated rings. The molecule has 3 nitrogen and oxygen atoms in total. The molecule has 0 aliphatic carbocycles. The van der Waals surface area contributed by atoms with E-state index < -0.39 is 0 Å². The van der Waals surface area contributed by atoms with Crippen molar-refractivity contribution in [1.82, 2.24) is 0 Å². The monoisotopic (exact) mass is 226 g/mol. The molecule has 1 saturated heterocycles. The highest BCUT2D eigenvalue weighted by molar-refractivity contribution is 7.12. The van der Waals surface area contributed by atoms with Crippen LogP contribution in [0, 0.1) is 0 Å². The molecule has 1 unspecified atom stereocenters. The van der Waals surface area contributed by atoms with Crippen LogP contribution in [0.2, 0.25) is 0 Å². The van der Waals surface area contributed by atoms with Crippen molar-refractivity contribution in [3.8, 4) is 5.75 Å². The van der Waals surface area contributed by atoms with E-state index >= 15 is 0 Å².